The molecule has 0 aromatic rings. The van der Waals surface area contributed by atoms with E-state index in [1.165, 1.54) is 6.92 Å². The molecule has 0 bridgehead atoms. The van der Waals surface area contributed by atoms with Crippen LogP contribution in [0.15, 0.2) is 11.4 Å². The highest BCUT2D eigenvalue weighted by atomic mass is 19.1. The van der Waals surface area contributed by atoms with Gasteiger partial charge in [0.05, 0.1) is 0 Å². The molecule has 62 valence electrons. The Labute approximate surface area is 66.3 Å². The Hall–Kier alpha value is -0.840. The fourth-order valence-corrected chi connectivity index (χ4v) is 0.574. The average molecular weight is 158 g/mol. The van der Waals surface area contributed by atoms with Crippen molar-refractivity contribution < 1.29 is 8.78 Å². The van der Waals surface area contributed by atoms with Crippen LogP contribution in [0.25, 0.3) is 0 Å². The van der Waals surface area contributed by atoms with E-state index < -0.39 is 12.5 Å². The van der Waals surface area contributed by atoms with Gasteiger partial charge in [0.1, 0.15) is 12.5 Å². The quantitative estimate of drug-likeness (QED) is 0.554. The van der Waals surface area contributed by atoms with Gasteiger partial charge >= 0.3 is 0 Å². The number of rotatable bonds is 3. The molecule has 0 amide bonds. The minimum absolute atomic E-state index is 0.145. The maximum atomic E-state index is 12.8. The van der Waals surface area contributed by atoms with Gasteiger partial charge in [-0.2, -0.15) is 0 Å². The van der Waals surface area contributed by atoms with Gasteiger partial charge in [-0.15, -0.1) is 12.3 Å². The number of hydrogen-bond donors (Lipinski definition) is 0. The lowest BCUT2D eigenvalue weighted by Crippen LogP contribution is -1.93. The third-order valence-electron chi connectivity index (χ3n) is 1.43. The number of hydrogen-bond acceptors (Lipinski definition) is 0. The van der Waals surface area contributed by atoms with E-state index in [1.54, 1.807) is 6.92 Å². The molecule has 0 aromatic carbocycles. The number of halogens is 2. The molecule has 0 aliphatic rings. The number of terminal acetylenes is 1. The summed E-state index contributed by atoms with van der Waals surface area (Å²) in [5, 5.41) is 0. The lowest BCUT2D eigenvalue weighted by molar-refractivity contribution is 0.492. The smallest absolute Gasteiger partial charge is 0.113 e. The van der Waals surface area contributed by atoms with Crippen LogP contribution in [0.4, 0.5) is 8.78 Å². The minimum atomic E-state index is -0.733. The van der Waals surface area contributed by atoms with Gasteiger partial charge in [-0.3, -0.25) is 0 Å². The molecule has 0 N–H and O–H groups in total. The van der Waals surface area contributed by atoms with Crippen LogP contribution in [0, 0.1) is 18.3 Å². The Morgan fingerprint density at radius 2 is 2.18 bits per heavy atom. The van der Waals surface area contributed by atoms with Crippen LogP contribution in [-0.2, 0) is 0 Å². The fraction of sp³-hybridized carbons (Fsp3) is 0.556. The summed E-state index contributed by atoms with van der Waals surface area (Å²) < 4.78 is 24.6. The van der Waals surface area contributed by atoms with Gasteiger partial charge in [0, 0.05) is 12.3 Å². The van der Waals surface area contributed by atoms with Crippen molar-refractivity contribution in [2.75, 3.05) is 6.67 Å². The first-order chi connectivity index (χ1) is 5.11. The Bertz CT molecular complexity index is 186. The number of alkyl halides is 1. The van der Waals surface area contributed by atoms with Crippen molar-refractivity contribution in [2.45, 2.75) is 20.3 Å². The summed E-state index contributed by atoms with van der Waals surface area (Å²) in [6.07, 6.45) is 5.17. The minimum Gasteiger partial charge on any atom is -0.246 e. The SMILES string of the molecule is C#CC(C)C/C(F)=C(/C)CF. The van der Waals surface area contributed by atoms with E-state index in [9.17, 15) is 8.78 Å². The summed E-state index contributed by atoms with van der Waals surface area (Å²) in [7, 11) is 0. The molecule has 0 radical (unpaired) electrons. The van der Waals surface area contributed by atoms with Crippen molar-refractivity contribution in [1.82, 2.24) is 0 Å². The summed E-state index contributed by atoms with van der Waals surface area (Å²) in [4.78, 5) is 0. The Morgan fingerprint density at radius 1 is 1.64 bits per heavy atom. The first-order valence-corrected chi connectivity index (χ1v) is 3.48. The summed E-state index contributed by atoms with van der Waals surface area (Å²) in [6, 6.07) is 0. The summed E-state index contributed by atoms with van der Waals surface area (Å²) in [5.74, 6) is 1.80. The first-order valence-electron chi connectivity index (χ1n) is 3.48. The predicted octanol–water partition coefficient (Wildman–Crippen LogP) is 2.86. The molecule has 0 saturated heterocycles. The molecule has 1 unspecified atom stereocenters. The zero-order chi connectivity index (χ0) is 8.85. The van der Waals surface area contributed by atoms with E-state index in [1.807, 2.05) is 0 Å². The molecule has 0 rings (SSSR count). The molecule has 0 spiro atoms. The standard InChI is InChI=1S/C9H12F2/c1-4-7(2)5-9(11)8(3)6-10/h1,7H,5-6H2,2-3H3/b9-8+. The van der Waals surface area contributed by atoms with Crippen LogP contribution in [-0.4, -0.2) is 6.67 Å². The van der Waals surface area contributed by atoms with Gasteiger partial charge in [-0.05, 0) is 12.5 Å². The molecule has 1 atom stereocenters. The van der Waals surface area contributed by atoms with E-state index in [4.69, 9.17) is 6.42 Å². The van der Waals surface area contributed by atoms with Crippen molar-refractivity contribution in [1.29, 1.82) is 0 Å². The number of allylic oxidation sites excluding steroid dienone is 2. The Morgan fingerprint density at radius 3 is 2.55 bits per heavy atom. The average Bonchev–Trinajstić information content (AvgIpc) is 2.02. The van der Waals surface area contributed by atoms with Gasteiger partial charge in [0.15, 0.2) is 0 Å². The van der Waals surface area contributed by atoms with Crippen molar-refractivity contribution in [3.05, 3.63) is 11.4 Å². The predicted molar refractivity (Wildman–Crippen MR) is 42.4 cm³/mol. The highest BCUT2D eigenvalue weighted by Gasteiger charge is 2.05. The molecule has 0 nitrogen and oxygen atoms in total. The van der Waals surface area contributed by atoms with Gasteiger partial charge in [-0.1, -0.05) is 6.92 Å². The van der Waals surface area contributed by atoms with Crippen molar-refractivity contribution in [2.24, 2.45) is 5.92 Å². The lowest BCUT2D eigenvalue weighted by atomic mass is 10.1. The van der Waals surface area contributed by atoms with Crippen LogP contribution in [0.1, 0.15) is 20.3 Å². The first kappa shape index (κ1) is 10.2. The highest BCUT2D eigenvalue weighted by molar-refractivity contribution is 5.08. The van der Waals surface area contributed by atoms with E-state index in [0.717, 1.165) is 0 Å². The molecule has 2 heteroatoms. The van der Waals surface area contributed by atoms with Crippen LogP contribution >= 0.6 is 0 Å². The Kier molecular flexibility index (Phi) is 4.52. The summed E-state index contributed by atoms with van der Waals surface area (Å²) in [5.41, 5.74) is 0.145. The molecule has 0 aliphatic carbocycles. The van der Waals surface area contributed by atoms with Crippen LogP contribution in [0.5, 0.6) is 0 Å². The van der Waals surface area contributed by atoms with Crippen molar-refractivity contribution >= 4 is 0 Å². The zero-order valence-corrected chi connectivity index (χ0v) is 6.82. The molecule has 0 fully saturated rings. The molecule has 0 heterocycles. The molecular weight excluding hydrogens is 146 g/mol. The second kappa shape index (κ2) is 4.90. The van der Waals surface area contributed by atoms with Crippen molar-refractivity contribution in [3.63, 3.8) is 0 Å². The van der Waals surface area contributed by atoms with Gasteiger partial charge in [-0.25, -0.2) is 8.78 Å². The topological polar surface area (TPSA) is 0 Å². The van der Waals surface area contributed by atoms with Gasteiger partial charge in [0.2, 0.25) is 0 Å². The third-order valence-corrected chi connectivity index (χ3v) is 1.43. The van der Waals surface area contributed by atoms with Crippen molar-refractivity contribution in [3.8, 4) is 12.3 Å². The van der Waals surface area contributed by atoms with Crippen LogP contribution < -0.4 is 0 Å². The zero-order valence-electron chi connectivity index (χ0n) is 6.82. The van der Waals surface area contributed by atoms with E-state index in [0.29, 0.717) is 0 Å². The summed E-state index contributed by atoms with van der Waals surface area (Å²) in [6.45, 7) is 2.42. The van der Waals surface area contributed by atoms with Crippen LogP contribution in [0.3, 0.4) is 0 Å². The van der Waals surface area contributed by atoms with Gasteiger partial charge in [0.25, 0.3) is 0 Å². The van der Waals surface area contributed by atoms with E-state index >= 15 is 0 Å². The van der Waals surface area contributed by atoms with Gasteiger partial charge < -0.3 is 0 Å². The maximum absolute atomic E-state index is 12.8. The molecule has 0 aromatic heterocycles. The maximum Gasteiger partial charge on any atom is 0.113 e. The normalized spacial score (nSPS) is 15.2. The second-order valence-corrected chi connectivity index (χ2v) is 2.59. The lowest BCUT2D eigenvalue weighted by Gasteiger charge is -2.02. The largest absolute Gasteiger partial charge is 0.246 e. The van der Waals surface area contributed by atoms with E-state index in [2.05, 4.69) is 5.92 Å². The molecule has 0 saturated carbocycles. The highest BCUT2D eigenvalue weighted by Crippen LogP contribution is 2.16. The summed E-state index contributed by atoms with van der Waals surface area (Å²) >= 11 is 0. The third kappa shape index (κ3) is 3.77. The molecular formula is C9H12F2. The van der Waals surface area contributed by atoms with Crippen LogP contribution in [0.2, 0.25) is 0 Å². The Balaban J connectivity index is 4.07. The monoisotopic (exact) mass is 158 g/mol. The van der Waals surface area contributed by atoms with E-state index in [-0.39, 0.29) is 17.9 Å². The second-order valence-electron chi connectivity index (χ2n) is 2.59. The molecule has 0 aliphatic heterocycles. The fourth-order valence-electron chi connectivity index (χ4n) is 0.574. The molecule has 11 heavy (non-hydrogen) atoms.